The molecule has 34 heavy (non-hydrogen) atoms. The normalized spacial score (nSPS) is 22.1. The molecule has 176 valence electrons. The fourth-order valence-electron chi connectivity index (χ4n) is 4.51. The molecule has 0 saturated carbocycles. The van der Waals surface area contributed by atoms with Gasteiger partial charge in [0, 0.05) is 19.1 Å². The van der Waals surface area contributed by atoms with Crippen molar-refractivity contribution in [2.75, 3.05) is 19.8 Å². The maximum Gasteiger partial charge on any atom is 0.354 e. The molecule has 0 bridgehead atoms. The molecule has 1 aromatic carbocycles. The fourth-order valence-corrected chi connectivity index (χ4v) is 4.51. The Morgan fingerprint density at radius 1 is 1.12 bits per heavy atom. The SMILES string of the molecule is O=C(O)c1ccc(-n2cc(CN(C(=O)[C@@H]3OCC[C@@H]3c3ccccc3)C3CCOC3)nn2)cn1. The van der Waals surface area contributed by atoms with Crippen LogP contribution in [-0.4, -0.2) is 73.8 Å². The number of nitrogens with zero attached hydrogens (tertiary/aromatic N) is 5. The summed E-state index contributed by atoms with van der Waals surface area (Å²) in [5, 5.41) is 17.4. The van der Waals surface area contributed by atoms with Crippen molar-refractivity contribution < 1.29 is 24.2 Å². The molecule has 2 fully saturated rings. The van der Waals surface area contributed by atoms with Crippen LogP contribution in [0, 0.1) is 0 Å². The summed E-state index contributed by atoms with van der Waals surface area (Å²) >= 11 is 0. The van der Waals surface area contributed by atoms with E-state index in [4.69, 9.17) is 14.6 Å². The minimum atomic E-state index is -1.10. The van der Waals surface area contributed by atoms with Crippen molar-refractivity contribution in [2.24, 2.45) is 0 Å². The number of ether oxygens (including phenoxy) is 2. The van der Waals surface area contributed by atoms with Crippen molar-refractivity contribution in [2.45, 2.75) is 37.5 Å². The van der Waals surface area contributed by atoms with Gasteiger partial charge in [-0.1, -0.05) is 35.5 Å². The summed E-state index contributed by atoms with van der Waals surface area (Å²) in [5.41, 5.74) is 2.24. The van der Waals surface area contributed by atoms with Crippen LogP contribution < -0.4 is 0 Å². The molecule has 0 aliphatic carbocycles. The van der Waals surface area contributed by atoms with Crippen LogP contribution in [0.3, 0.4) is 0 Å². The largest absolute Gasteiger partial charge is 0.477 e. The Morgan fingerprint density at radius 3 is 2.68 bits per heavy atom. The van der Waals surface area contributed by atoms with E-state index in [0.717, 1.165) is 18.4 Å². The van der Waals surface area contributed by atoms with Crippen LogP contribution in [0.25, 0.3) is 5.69 Å². The monoisotopic (exact) mass is 463 g/mol. The summed E-state index contributed by atoms with van der Waals surface area (Å²) in [4.78, 5) is 30.5. The van der Waals surface area contributed by atoms with Gasteiger partial charge < -0.3 is 19.5 Å². The number of carbonyl (C=O) groups is 2. The van der Waals surface area contributed by atoms with Crippen molar-refractivity contribution in [3.63, 3.8) is 0 Å². The average molecular weight is 463 g/mol. The molecule has 2 aliphatic rings. The number of pyridine rings is 1. The number of rotatable bonds is 7. The Morgan fingerprint density at radius 2 is 1.97 bits per heavy atom. The second kappa shape index (κ2) is 9.70. The van der Waals surface area contributed by atoms with Gasteiger partial charge in [-0.15, -0.1) is 5.10 Å². The third-order valence-corrected chi connectivity index (χ3v) is 6.30. The maximum atomic E-state index is 13.7. The van der Waals surface area contributed by atoms with E-state index < -0.39 is 12.1 Å². The Hall–Kier alpha value is -3.63. The van der Waals surface area contributed by atoms with E-state index in [1.54, 1.807) is 17.2 Å². The first kappa shape index (κ1) is 22.2. The zero-order valence-corrected chi connectivity index (χ0v) is 18.5. The topological polar surface area (TPSA) is 120 Å². The minimum Gasteiger partial charge on any atom is -0.477 e. The van der Waals surface area contributed by atoms with Crippen molar-refractivity contribution in [3.8, 4) is 5.69 Å². The Bertz CT molecular complexity index is 1140. The van der Waals surface area contributed by atoms with Crippen LogP contribution in [0.2, 0.25) is 0 Å². The molecule has 1 unspecified atom stereocenters. The fraction of sp³-hybridized carbons (Fsp3) is 0.375. The molecular formula is C24H25N5O5. The molecule has 4 heterocycles. The van der Waals surface area contributed by atoms with Gasteiger partial charge in [0.25, 0.3) is 5.91 Å². The number of carbonyl (C=O) groups excluding carboxylic acids is 1. The summed E-state index contributed by atoms with van der Waals surface area (Å²) in [5.74, 6) is -1.15. The lowest BCUT2D eigenvalue weighted by Crippen LogP contribution is -2.46. The third-order valence-electron chi connectivity index (χ3n) is 6.30. The lowest BCUT2D eigenvalue weighted by atomic mass is 9.91. The quantitative estimate of drug-likeness (QED) is 0.565. The highest BCUT2D eigenvalue weighted by molar-refractivity contribution is 5.85. The highest BCUT2D eigenvalue weighted by atomic mass is 16.5. The molecule has 10 heteroatoms. The highest BCUT2D eigenvalue weighted by Crippen LogP contribution is 2.33. The lowest BCUT2D eigenvalue weighted by molar-refractivity contribution is -0.144. The minimum absolute atomic E-state index is 0.00743. The number of amides is 1. The summed E-state index contributed by atoms with van der Waals surface area (Å²) in [6.07, 6.45) is 4.14. The summed E-state index contributed by atoms with van der Waals surface area (Å²) in [6.45, 7) is 1.90. The first-order valence-corrected chi connectivity index (χ1v) is 11.3. The lowest BCUT2D eigenvalue weighted by Gasteiger charge is -2.31. The Balaban J connectivity index is 1.36. The van der Waals surface area contributed by atoms with Crippen LogP contribution in [0.4, 0.5) is 0 Å². The molecule has 2 aliphatic heterocycles. The zero-order valence-electron chi connectivity index (χ0n) is 18.5. The van der Waals surface area contributed by atoms with Gasteiger partial charge in [0.05, 0.1) is 37.3 Å². The maximum absolute atomic E-state index is 13.7. The van der Waals surface area contributed by atoms with E-state index in [0.29, 0.717) is 31.2 Å². The second-order valence-corrected chi connectivity index (χ2v) is 8.44. The molecule has 2 saturated heterocycles. The highest BCUT2D eigenvalue weighted by Gasteiger charge is 2.40. The van der Waals surface area contributed by atoms with Gasteiger partial charge in [0.2, 0.25) is 0 Å². The van der Waals surface area contributed by atoms with Crippen molar-refractivity contribution in [3.05, 3.63) is 71.8 Å². The molecule has 10 nitrogen and oxygen atoms in total. The van der Waals surface area contributed by atoms with Crippen LogP contribution in [0.5, 0.6) is 0 Å². The van der Waals surface area contributed by atoms with E-state index in [-0.39, 0.29) is 30.1 Å². The molecule has 1 amide bonds. The third kappa shape index (κ3) is 4.55. The van der Waals surface area contributed by atoms with E-state index in [1.165, 1.54) is 16.9 Å². The van der Waals surface area contributed by atoms with Gasteiger partial charge in [-0.3, -0.25) is 4.79 Å². The van der Waals surface area contributed by atoms with E-state index in [1.807, 2.05) is 30.3 Å². The Labute approximate surface area is 196 Å². The smallest absolute Gasteiger partial charge is 0.354 e. The van der Waals surface area contributed by atoms with Gasteiger partial charge in [-0.05, 0) is 30.5 Å². The molecule has 5 rings (SSSR count). The van der Waals surface area contributed by atoms with Crippen molar-refractivity contribution in [1.29, 1.82) is 0 Å². The first-order chi connectivity index (χ1) is 16.6. The number of hydrogen-bond acceptors (Lipinski definition) is 7. The number of aromatic carboxylic acids is 1. The number of aromatic nitrogens is 4. The predicted octanol–water partition coefficient (Wildman–Crippen LogP) is 2.05. The Kier molecular flexibility index (Phi) is 6.33. The molecule has 3 atom stereocenters. The van der Waals surface area contributed by atoms with Crippen LogP contribution >= 0.6 is 0 Å². The van der Waals surface area contributed by atoms with Crippen molar-refractivity contribution in [1.82, 2.24) is 24.9 Å². The molecule has 1 N–H and O–H groups in total. The summed E-state index contributed by atoms with van der Waals surface area (Å²) < 4.78 is 13.0. The molecule has 0 spiro atoms. The van der Waals surface area contributed by atoms with Gasteiger partial charge in [0.1, 0.15) is 17.5 Å². The van der Waals surface area contributed by atoms with Gasteiger partial charge in [0.15, 0.2) is 0 Å². The van der Waals surface area contributed by atoms with Crippen LogP contribution in [0.1, 0.15) is 40.5 Å². The van der Waals surface area contributed by atoms with Gasteiger partial charge >= 0.3 is 5.97 Å². The average Bonchev–Trinajstić information content (AvgIpc) is 3.65. The first-order valence-electron chi connectivity index (χ1n) is 11.3. The predicted molar refractivity (Wildman–Crippen MR) is 119 cm³/mol. The number of hydrogen-bond donors (Lipinski definition) is 1. The zero-order chi connectivity index (χ0) is 23.5. The number of benzene rings is 1. The second-order valence-electron chi connectivity index (χ2n) is 8.44. The van der Waals surface area contributed by atoms with E-state index >= 15 is 0 Å². The number of carboxylic acids is 1. The van der Waals surface area contributed by atoms with Gasteiger partial charge in [-0.2, -0.15) is 0 Å². The summed E-state index contributed by atoms with van der Waals surface area (Å²) in [6, 6.07) is 13.0. The number of carboxylic acid groups (broad SMARTS) is 1. The van der Waals surface area contributed by atoms with Gasteiger partial charge in [-0.25, -0.2) is 14.5 Å². The van der Waals surface area contributed by atoms with Crippen LogP contribution in [-0.2, 0) is 20.8 Å². The molecule has 2 aromatic heterocycles. The molecule has 0 radical (unpaired) electrons. The molecular weight excluding hydrogens is 438 g/mol. The van der Waals surface area contributed by atoms with E-state index in [2.05, 4.69) is 15.3 Å². The van der Waals surface area contributed by atoms with E-state index in [9.17, 15) is 9.59 Å². The standard InChI is InChI=1S/C24H25N5O5/c30-23(22-20(9-11-34-22)16-4-2-1-3-5-16)28(19-8-10-33-15-19)13-17-14-29(27-26-17)18-6-7-21(24(31)32)25-12-18/h1-7,12,14,19-20,22H,8-11,13,15H2,(H,31,32)/t19?,20-,22-/m1/s1. The van der Waals surface area contributed by atoms with Crippen LogP contribution in [0.15, 0.2) is 54.9 Å². The summed E-state index contributed by atoms with van der Waals surface area (Å²) in [7, 11) is 0. The molecule has 3 aromatic rings. The van der Waals surface area contributed by atoms with Crippen molar-refractivity contribution >= 4 is 11.9 Å².